The predicted octanol–water partition coefficient (Wildman–Crippen LogP) is 0.447. The quantitative estimate of drug-likeness (QED) is 0.804. The molecule has 4 nitrogen and oxygen atoms in total. The van der Waals surface area contributed by atoms with Gasteiger partial charge in [-0.25, -0.2) is 0 Å². The monoisotopic (exact) mass is 220 g/mol. The summed E-state index contributed by atoms with van der Waals surface area (Å²) in [6, 6.07) is 2.11. The van der Waals surface area contributed by atoms with Crippen molar-refractivity contribution >= 4 is 0 Å². The molecule has 1 saturated carbocycles. The number of hydrogen-bond acceptors (Lipinski definition) is 3. The third-order valence-corrected chi connectivity index (χ3v) is 4.24. The van der Waals surface area contributed by atoms with Gasteiger partial charge in [0.2, 0.25) is 0 Å². The van der Waals surface area contributed by atoms with Crippen LogP contribution in [0.4, 0.5) is 0 Å². The number of hydrogen-bond donors (Lipinski definition) is 1. The van der Waals surface area contributed by atoms with Crippen molar-refractivity contribution in [2.24, 2.45) is 30.5 Å². The van der Waals surface area contributed by atoms with Crippen LogP contribution < -0.4 is 5.73 Å². The van der Waals surface area contributed by atoms with E-state index in [1.54, 1.807) is 0 Å². The Hall–Kier alpha value is -0.870. The zero-order chi connectivity index (χ0) is 11.1. The number of nitrogens with zero attached hydrogens (tertiary/aromatic N) is 3. The number of rotatable bonds is 3. The standard InChI is InChI=1S/C12H20N4/c1-15-3-2-11(14-15)7-16-6-10-4-9(5-13)12(10)8-16/h2-3,9-10,12H,4-8,13H2,1H3/t9-,10-,12-/m0/s1. The van der Waals surface area contributed by atoms with Crippen LogP contribution in [0.15, 0.2) is 12.3 Å². The van der Waals surface area contributed by atoms with Gasteiger partial charge in [-0.1, -0.05) is 0 Å². The number of nitrogens with two attached hydrogens (primary N) is 1. The Morgan fingerprint density at radius 1 is 1.50 bits per heavy atom. The average molecular weight is 220 g/mol. The number of aryl methyl sites for hydroxylation is 1. The second-order valence-corrected chi connectivity index (χ2v) is 5.33. The highest BCUT2D eigenvalue weighted by molar-refractivity contribution is 5.03. The molecule has 1 aromatic rings. The Balaban J connectivity index is 1.58. The van der Waals surface area contributed by atoms with Crippen LogP contribution in [-0.2, 0) is 13.6 Å². The predicted molar refractivity (Wildman–Crippen MR) is 62.6 cm³/mol. The molecule has 3 atom stereocenters. The van der Waals surface area contributed by atoms with E-state index in [1.807, 2.05) is 17.9 Å². The normalized spacial score (nSPS) is 33.8. The number of likely N-dealkylation sites (tertiary alicyclic amines) is 1. The maximum atomic E-state index is 5.76. The highest BCUT2D eigenvalue weighted by Crippen LogP contribution is 2.45. The Bertz CT molecular complexity index is 373. The van der Waals surface area contributed by atoms with E-state index in [0.29, 0.717) is 0 Å². The molecule has 1 aliphatic heterocycles. The van der Waals surface area contributed by atoms with Crippen molar-refractivity contribution in [3.8, 4) is 0 Å². The first-order valence-corrected chi connectivity index (χ1v) is 6.17. The lowest BCUT2D eigenvalue weighted by Gasteiger charge is -2.38. The fraction of sp³-hybridized carbons (Fsp3) is 0.750. The molecule has 0 amide bonds. The van der Waals surface area contributed by atoms with Crippen LogP contribution in [0, 0.1) is 17.8 Å². The molecular formula is C12H20N4. The number of aromatic nitrogens is 2. The Labute approximate surface area is 96.4 Å². The van der Waals surface area contributed by atoms with Gasteiger partial charge in [0.15, 0.2) is 0 Å². The van der Waals surface area contributed by atoms with Gasteiger partial charge in [0.05, 0.1) is 5.69 Å². The molecule has 1 aliphatic carbocycles. The van der Waals surface area contributed by atoms with E-state index in [4.69, 9.17) is 5.73 Å². The molecule has 0 radical (unpaired) electrons. The zero-order valence-corrected chi connectivity index (χ0v) is 9.84. The van der Waals surface area contributed by atoms with Gasteiger partial charge < -0.3 is 5.73 Å². The molecule has 2 N–H and O–H groups in total. The average Bonchev–Trinajstić information content (AvgIpc) is 2.77. The van der Waals surface area contributed by atoms with E-state index in [2.05, 4.69) is 16.1 Å². The summed E-state index contributed by atoms with van der Waals surface area (Å²) in [6.07, 6.45) is 3.36. The van der Waals surface area contributed by atoms with Crippen LogP contribution in [0.5, 0.6) is 0 Å². The number of fused-ring (bicyclic) bond motifs is 1. The lowest BCUT2D eigenvalue weighted by Crippen LogP contribution is -2.39. The van der Waals surface area contributed by atoms with Crippen molar-refractivity contribution < 1.29 is 0 Å². The third kappa shape index (κ3) is 1.66. The van der Waals surface area contributed by atoms with E-state index in [1.165, 1.54) is 25.2 Å². The van der Waals surface area contributed by atoms with Gasteiger partial charge in [-0.3, -0.25) is 9.58 Å². The molecular weight excluding hydrogens is 200 g/mol. The van der Waals surface area contributed by atoms with E-state index in [9.17, 15) is 0 Å². The highest BCUT2D eigenvalue weighted by Gasteiger charge is 2.45. The molecule has 1 saturated heterocycles. The van der Waals surface area contributed by atoms with Crippen molar-refractivity contribution in [1.82, 2.24) is 14.7 Å². The second-order valence-electron chi connectivity index (χ2n) is 5.33. The molecule has 0 bridgehead atoms. The topological polar surface area (TPSA) is 47.1 Å². The summed E-state index contributed by atoms with van der Waals surface area (Å²) < 4.78 is 1.88. The molecule has 0 unspecified atom stereocenters. The first-order chi connectivity index (χ1) is 7.76. The van der Waals surface area contributed by atoms with Gasteiger partial charge in [-0.2, -0.15) is 5.10 Å². The lowest BCUT2D eigenvalue weighted by molar-refractivity contribution is 0.129. The van der Waals surface area contributed by atoms with Gasteiger partial charge in [-0.15, -0.1) is 0 Å². The smallest absolute Gasteiger partial charge is 0.0764 e. The Morgan fingerprint density at radius 3 is 3.06 bits per heavy atom. The summed E-state index contributed by atoms with van der Waals surface area (Å²) in [4.78, 5) is 2.54. The molecule has 2 aliphatic rings. The SMILES string of the molecule is Cn1ccc(CN2C[C@@H]3C[C@@H](CN)[C@@H]3C2)n1. The van der Waals surface area contributed by atoms with Crippen LogP contribution in [0.25, 0.3) is 0 Å². The van der Waals surface area contributed by atoms with Crippen LogP contribution in [0.2, 0.25) is 0 Å². The zero-order valence-electron chi connectivity index (χ0n) is 9.84. The van der Waals surface area contributed by atoms with Crippen molar-refractivity contribution in [3.63, 3.8) is 0 Å². The fourth-order valence-electron chi connectivity index (χ4n) is 3.32. The fourth-order valence-corrected chi connectivity index (χ4v) is 3.32. The molecule has 4 heteroatoms. The van der Waals surface area contributed by atoms with Crippen molar-refractivity contribution in [1.29, 1.82) is 0 Å². The molecule has 16 heavy (non-hydrogen) atoms. The summed E-state index contributed by atoms with van der Waals surface area (Å²) in [5.41, 5.74) is 6.94. The largest absolute Gasteiger partial charge is 0.330 e. The van der Waals surface area contributed by atoms with Crippen molar-refractivity contribution in [2.75, 3.05) is 19.6 Å². The maximum Gasteiger partial charge on any atom is 0.0764 e. The van der Waals surface area contributed by atoms with Crippen LogP contribution in [-0.4, -0.2) is 34.3 Å². The molecule has 1 aromatic heterocycles. The van der Waals surface area contributed by atoms with Gasteiger partial charge in [0.1, 0.15) is 0 Å². The molecule has 0 spiro atoms. The highest BCUT2D eigenvalue weighted by atomic mass is 15.3. The van der Waals surface area contributed by atoms with Crippen molar-refractivity contribution in [2.45, 2.75) is 13.0 Å². The van der Waals surface area contributed by atoms with Crippen LogP contribution in [0.1, 0.15) is 12.1 Å². The van der Waals surface area contributed by atoms with Gasteiger partial charge in [0.25, 0.3) is 0 Å². The van der Waals surface area contributed by atoms with Crippen molar-refractivity contribution in [3.05, 3.63) is 18.0 Å². The molecule has 3 rings (SSSR count). The Morgan fingerprint density at radius 2 is 2.38 bits per heavy atom. The minimum absolute atomic E-state index is 0.790. The molecule has 2 fully saturated rings. The first kappa shape index (κ1) is 10.3. The lowest BCUT2D eigenvalue weighted by atomic mass is 9.67. The minimum atomic E-state index is 0.790. The molecule has 2 heterocycles. The summed E-state index contributed by atoms with van der Waals surface area (Å²) in [5.74, 6) is 2.57. The van der Waals surface area contributed by atoms with Gasteiger partial charge >= 0.3 is 0 Å². The molecule has 0 aromatic carbocycles. The van der Waals surface area contributed by atoms with E-state index in [-0.39, 0.29) is 0 Å². The summed E-state index contributed by atoms with van der Waals surface area (Å²) in [7, 11) is 1.97. The summed E-state index contributed by atoms with van der Waals surface area (Å²) >= 11 is 0. The minimum Gasteiger partial charge on any atom is -0.330 e. The molecule has 88 valence electrons. The second kappa shape index (κ2) is 3.86. The van der Waals surface area contributed by atoms with Gasteiger partial charge in [-0.05, 0) is 36.8 Å². The van der Waals surface area contributed by atoms with Gasteiger partial charge in [0, 0.05) is 32.9 Å². The summed E-state index contributed by atoms with van der Waals surface area (Å²) in [6.45, 7) is 4.35. The first-order valence-electron chi connectivity index (χ1n) is 6.17. The van der Waals surface area contributed by atoms with E-state index >= 15 is 0 Å². The maximum absolute atomic E-state index is 5.76. The van der Waals surface area contributed by atoms with Crippen LogP contribution >= 0.6 is 0 Å². The van der Waals surface area contributed by atoms with Crippen LogP contribution in [0.3, 0.4) is 0 Å². The summed E-state index contributed by atoms with van der Waals surface area (Å²) in [5, 5.41) is 4.43. The third-order valence-electron chi connectivity index (χ3n) is 4.24. The van der Waals surface area contributed by atoms with E-state index < -0.39 is 0 Å². The Kier molecular flexibility index (Phi) is 2.48. The van der Waals surface area contributed by atoms with E-state index in [0.717, 1.165) is 30.8 Å².